The van der Waals surface area contributed by atoms with Crippen LogP contribution in [0.5, 0.6) is 0 Å². The lowest BCUT2D eigenvalue weighted by molar-refractivity contribution is -0.132. The van der Waals surface area contributed by atoms with Gasteiger partial charge in [-0.15, -0.1) is 11.8 Å². The van der Waals surface area contributed by atoms with Gasteiger partial charge in [-0.05, 0) is 38.4 Å². The number of carbonyl (C=O) groups is 1. The van der Waals surface area contributed by atoms with Crippen LogP contribution in [-0.2, 0) is 4.79 Å². The zero-order chi connectivity index (χ0) is 16.8. The zero-order valence-corrected chi connectivity index (χ0v) is 15.7. The fourth-order valence-corrected chi connectivity index (χ4v) is 4.02. The monoisotopic (exact) mass is 334 g/mol. The van der Waals surface area contributed by atoms with Crippen molar-refractivity contribution in [3.63, 3.8) is 0 Å². The van der Waals surface area contributed by atoms with Gasteiger partial charge < -0.3 is 9.80 Å². The molecule has 2 rings (SSSR count). The quantitative estimate of drug-likeness (QED) is 0.742. The summed E-state index contributed by atoms with van der Waals surface area (Å²) in [6, 6.07) is 9.02. The SMILES string of the molecule is Cc1ccc(SC[C@H](CC(C)C)N2CCN(C)CCC2=O)cc1. The van der Waals surface area contributed by atoms with Crippen LogP contribution >= 0.6 is 11.8 Å². The Morgan fingerprint density at radius 1 is 1.13 bits per heavy atom. The third-order valence-electron chi connectivity index (χ3n) is 4.40. The highest BCUT2D eigenvalue weighted by Gasteiger charge is 2.26. The molecule has 0 spiro atoms. The maximum atomic E-state index is 12.5. The second-order valence-electron chi connectivity index (χ2n) is 7.05. The number of thioether (sulfide) groups is 1. The summed E-state index contributed by atoms with van der Waals surface area (Å²) in [4.78, 5) is 18.2. The number of benzene rings is 1. The van der Waals surface area contributed by atoms with Gasteiger partial charge in [-0.25, -0.2) is 0 Å². The van der Waals surface area contributed by atoms with E-state index in [4.69, 9.17) is 0 Å². The first-order valence-corrected chi connectivity index (χ1v) is 9.61. The average Bonchev–Trinajstić information content (AvgIpc) is 2.67. The molecule has 0 aromatic heterocycles. The maximum absolute atomic E-state index is 12.5. The van der Waals surface area contributed by atoms with Crippen LogP contribution in [0.2, 0.25) is 0 Å². The van der Waals surface area contributed by atoms with Crippen LogP contribution in [0.1, 0.15) is 32.3 Å². The molecule has 128 valence electrons. The van der Waals surface area contributed by atoms with E-state index in [0.29, 0.717) is 24.3 Å². The van der Waals surface area contributed by atoms with Crippen LogP contribution in [0.3, 0.4) is 0 Å². The maximum Gasteiger partial charge on any atom is 0.224 e. The van der Waals surface area contributed by atoms with E-state index in [9.17, 15) is 4.79 Å². The number of nitrogens with zero attached hydrogens (tertiary/aromatic N) is 2. The molecule has 1 atom stereocenters. The fraction of sp³-hybridized carbons (Fsp3) is 0.632. The molecule has 1 aromatic rings. The van der Waals surface area contributed by atoms with Crippen molar-refractivity contribution < 1.29 is 4.79 Å². The zero-order valence-electron chi connectivity index (χ0n) is 14.9. The van der Waals surface area contributed by atoms with Crippen LogP contribution in [0.25, 0.3) is 0 Å². The molecule has 1 aliphatic heterocycles. The van der Waals surface area contributed by atoms with Crippen molar-refractivity contribution >= 4 is 17.7 Å². The highest BCUT2D eigenvalue weighted by atomic mass is 32.2. The molecule has 0 aliphatic carbocycles. The largest absolute Gasteiger partial charge is 0.338 e. The standard InChI is InChI=1S/C19H30N2OS/c1-15(2)13-17(14-23-18-7-5-16(3)6-8-18)21-12-11-20(4)10-9-19(21)22/h5-8,15,17H,9-14H2,1-4H3/t17-/m0/s1. The minimum Gasteiger partial charge on any atom is -0.338 e. The van der Waals surface area contributed by atoms with Crippen LogP contribution in [0.4, 0.5) is 0 Å². The highest BCUT2D eigenvalue weighted by molar-refractivity contribution is 7.99. The summed E-state index contributed by atoms with van der Waals surface area (Å²) in [5, 5.41) is 0. The van der Waals surface area contributed by atoms with E-state index in [-0.39, 0.29) is 0 Å². The van der Waals surface area contributed by atoms with E-state index in [1.807, 2.05) is 11.8 Å². The van der Waals surface area contributed by atoms with Gasteiger partial charge in [-0.2, -0.15) is 0 Å². The molecule has 0 saturated carbocycles. The van der Waals surface area contributed by atoms with Gasteiger partial charge in [0.05, 0.1) is 0 Å². The summed E-state index contributed by atoms with van der Waals surface area (Å²) >= 11 is 1.88. The van der Waals surface area contributed by atoms with Gasteiger partial charge in [0.25, 0.3) is 0 Å². The van der Waals surface area contributed by atoms with E-state index < -0.39 is 0 Å². The van der Waals surface area contributed by atoms with Crippen LogP contribution < -0.4 is 0 Å². The van der Waals surface area contributed by atoms with Crippen molar-refractivity contribution in [1.82, 2.24) is 9.80 Å². The predicted octanol–water partition coefficient (Wildman–Crippen LogP) is 3.67. The Labute approximate surface area is 145 Å². The second kappa shape index (κ2) is 8.74. The summed E-state index contributed by atoms with van der Waals surface area (Å²) in [5.74, 6) is 1.91. The lowest BCUT2D eigenvalue weighted by Gasteiger charge is -2.32. The van der Waals surface area contributed by atoms with E-state index in [1.54, 1.807) is 0 Å². The Hall–Kier alpha value is -1.00. The molecule has 1 aliphatic rings. The molecular formula is C19H30N2OS. The number of hydrogen-bond acceptors (Lipinski definition) is 3. The summed E-state index contributed by atoms with van der Waals surface area (Å²) in [7, 11) is 2.11. The average molecular weight is 335 g/mol. The van der Waals surface area contributed by atoms with E-state index in [1.165, 1.54) is 10.5 Å². The van der Waals surface area contributed by atoms with Gasteiger partial charge in [-0.3, -0.25) is 4.79 Å². The Bertz CT molecular complexity index is 501. The number of hydrogen-bond donors (Lipinski definition) is 0. The Morgan fingerprint density at radius 3 is 2.48 bits per heavy atom. The number of amides is 1. The lowest BCUT2D eigenvalue weighted by atomic mass is 10.0. The summed E-state index contributed by atoms with van der Waals surface area (Å²) in [6.45, 7) is 9.34. The normalized spacial score (nSPS) is 18.3. The minimum atomic E-state index is 0.324. The number of rotatable bonds is 6. The molecule has 23 heavy (non-hydrogen) atoms. The molecule has 1 saturated heterocycles. The molecule has 1 aromatic carbocycles. The summed E-state index contributed by atoms with van der Waals surface area (Å²) in [6.07, 6.45) is 1.73. The van der Waals surface area contributed by atoms with Gasteiger partial charge in [-0.1, -0.05) is 31.5 Å². The van der Waals surface area contributed by atoms with Gasteiger partial charge in [0.1, 0.15) is 0 Å². The van der Waals surface area contributed by atoms with Gasteiger partial charge in [0.2, 0.25) is 5.91 Å². The summed E-state index contributed by atoms with van der Waals surface area (Å²) in [5.41, 5.74) is 1.29. The van der Waals surface area contributed by atoms with E-state index in [2.05, 4.69) is 61.9 Å². The minimum absolute atomic E-state index is 0.324. The van der Waals surface area contributed by atoms with Crippen molar-refractivity contribution in [2.24, 2.45) is 5.92 Å². The lowest BCUT2D eigenvalue weighted by Crippen LogP contribution is -2.43. The first-order chi connectivity index (χ1) is 11.0. The van der Waals surface area contributed by atoms with Gasteiger partial charge in [0, 0.05) is 42.7 Å². The molecule has 0 unspecified atom stereocenters. The highest BCUT2D eigenvalue weighted by Crippen LogP contribution is 2.24. The molecule has 0 N–H and O–H groups in total. The first kappa shape index (κ1) is 18.3. The molecule has 0 bridgehead atoms. The number of aryl methyl sites for hydroxylation is 1. The van der Waals surface area contributed by atoms with E-state index >= 15 is 0 Å². The molecular weight excluding hydrogens is 304 g/mol. The first-order valence-electron chi connectivity index (χ1n) is 8.63. The van der Waals surface area contributed by atoms with Crippen LogP contribution in [0.15, 0.2) is 29.2 Å². The molecule has 1 fully saturated rings. The Kier molecular flexibility index (Phi) is 6.97. The predicted molar refractivity (Wildman–Crippen MR) is 99.0 cm³/mol. The van der Waals surface area contributed by atoms with Crippen molar-refractivity contribution in [2.75, 3.05) is 32.4 Å². The molecule has 4 heteroatoms. The number of carbonyl (C=O) groups excluding carboxylic acids is 1. The van der Waals surface area contributed by atoms with Crippen LogP contribution in [0, 0.1) is 12.8 Å². The van der Waals surface area contributed by atoms with E-state index in [0.717, 1.165) is 31.8 Å². The smallest absolute Gasteiger partial charge is 0.224 e. The Balaban J connectivity index is 2.03. The molecule has 1 amide bonds. The summed E-state index contributed by atoms with van der Waals surface area (Å²) < 4.78 is 0. The third-order valence-corrected chi connectivity index (χ3v) is 5.55. The molecule has 0 radical (unpaired) electrons. The van der Waals surface area contributed by atoms with Crippen molar-refractivity contribution in [3.8, 4) is 0 Å². The van der Waals surface area contributed by atoms with Gasteiger partial charge in [0.15, 0.2) is 0 Å². The second-order valence-corrected chi connectivity index (χ2v) is 8.14. The molecule has 1 heterocycles. The van der Waals surface area contributed by atoms with Crippen molar-refractivity contribution in [3.05, 3.63) is 29.8 Å². The Morgan fingerprint density at radius 2 is 1.83 bits per heavy atom. The topological polar surface area (TPSA) is 23.6 Å². The van der Waals surface area contributed by atoms with Crippen LogP contribution in [-0.4, -0.2) is 54.2 Å². The molecule has 3 nitrogen and oxygen atoms in total. The van der Waals surface area contributed by atoms with Gasteiger partial charge >= 0.3 is 0 Å². The van der Waals surface area contributed by atoms with Crippen molar-refractivity contribution in [2.45, 2.75) is 44.6 Å². The third kappa shape index (κ3) is 5.85. The number of likely N-dealkylation sites (N-methyl/N-ethyl adjacent to an activating group) is 1. The fourth-order valence-electron chi connectivity index (χ4n) is 2.99. The van der Waals surface area contributed by atoms with Crippen molar-refractivity contribution in [1.29, 1.82) is 0 Å².